The van der Waals surface area contributed by atoms with Gasteiger partial charge in [0, 0.05) is 62.3 Å². The molecule has 6 heteroatoms. The summed E-state index contributed by atoms with van der Waals surface area (Å²) in [6, 6.07) is 6.74. The molecule has 4 aliphatic rings. The first-order chi connectivity index (χ1) is 12.7. The maximum Gasteiger partial charge on any atom is 0.252 e. The molecule has 1 unspecified atom stereocenters. The predicted molar refractivity (Wildman–Crippen MR) is 97.8 cm³/mol. The zero-order valence-corrected chi connectivity index (χ0v) is 14.7. The van der Waals surface area contributed by atoms with E-state index < -0.39 is 0 Å². The van der Waals surface area contributed by atoms with E-state index in [-0.39, 0.29) is 11.7 Å². The van der Waals surface area contributed by atoms with E-state index in [1.54, 1.807) is 6.07 Å². The van der Waals surface area contributed by atoms with Crippen LogP contribution in [0.5, 0.6) is 0 Å². The van der Waals surface area contributed by atoms with Gasteiger partial charge in [0.15, 0.2) is 0 Å². The fraction of sp³-hybridized carbons (Fsp3) is 0.500. The molecule has 4 heterocycles. The van der Waals surface area contributed by atoms with Crippen LogP contribution in [-0.4, -0.2) is 66.0 Å². The Morgan fingerprint density at radius 3 is 2.69 bits per heavy atom. The molecule has 1 atom stereocenters. The molecule has 26 heavy (non-hydrogen) atoms. The number of amides is 1. The van der Waals surface area contributed by atoms with Gasteiger partial charge in [0.05, 0.1) is 11.1 Å². The number of nitrogens with zero attached hydrogens (tertiary/aromatic N) is 3. The Bertz CT molecular complexity index is 858. The normalized spacial score (nSPS) is 27.7. The van der Waals surface area contributed by atoms with Crippen LogP contribution >= 0.6 is 0 Å². The number of rotatable bonds is 4. The fourth-order valence-corrected chi connectivity index (χ4v) is 4.22. The molecule has 3 saturated heterocycles. The highest BCUT2D eigenvalue weighted by Crippen LogP contribution is 2.40. The molecule has 136 valence electrons. The van der Waals surface area contributed by atoms with Crippen molar-refractivity contribution in [3.8, 4) is 0 Å². The summed E-state index contributed by atoms with van der Waals surface area (Å²) in [5, 5.41) is 3.69. The van der Waals surface area contributed by atoms with E-state index in [1.807, 2.05) is 6.07 Å². The summed E-state index contributed by atoms with van der Waals surface area (Å²) in [7, 11) is 0. The molecular weight excluding hydrogens is 331 g/mol. The van der Waals surface area contributed by atoms with Gasteiger partial charge in [0.1, 0.15) is 5.82 Å². The van der Waals surface area contributed by atoms with Crippen molar-refractivity contribution >= 4 is 16.8 Å². The van der Waals surface area contributed by atoms with Crippen LogP contribution in [0.1, 0.15) is 34.8 Å². The highest BCUT2D eigenvalue weighted by atomic mass is 19.1. The first kappa shape index (κ1) is 16.1. The molecule has 1 aromatic heterocycles. The molecule has 2 aromatic rings. The summed E-state index contributed by atoms with van der Waals surface area (Å²) < 4.78 is 13.8. The van der Waals surface area contributed by atoms with E-state index in [4.69, 9.17) is 0 Å². The highest BCUT2D eigenvalue weighted by Gasteiger charge is 2.32. The standard InChI is InChI=1S/C20H23FN4O/c21-14-3-4-18-16(9-14)17(10-19(23-18)13-1-2-13)20(26)22-11-15-12-24-5-7-25(15)8-6-24/h3-4,9-10,13,15H,1-2,5-8,11-12H2,(H,22,26). The lowest BCUT2D eigenvalue weighted by molar-refractivity contribution is 0.0138. The van der Waals surface area contributed by atoms with Gasteiger partial charge in [-0.15, -0.1) is 0 Å². The van der Waals surface area contributed by atoms with Gasteiger partial charge in [0.2, 0.25) is 0 Å². The van der Waals surface area contributed by atoms with Gasteiger partial charge in [-0.05, 0) is 37.1 Å². The molecule has 2 bridgehead atoms. The van der Waals surface area contributed by atoms with Gasteiger partial charge >= 0.3 is 0 Å². The minimum atomic E-state index is -0.337. The minimum Gasteiger partial charge on any atom is -0.350 e. The topological polar surface area (TPSA) is 48.5 Å². The molecule has 0 spiro atoms. The highest BCUT2D eigenvalue weighted by molar-refractivity contribution is 6.06. The fourth-order valence-electron chi connectivity index (χ4n) is 4.22. The second kappa shape index (κ2) is 6.28. The summed E-state index contributed by atoms with van der Waals surface area (Å²) in [6.45, 7) is 6.06. The summed E-state index contributed by atoms with van der Waals surface area (Å²) in [5.41, 5.74) is 2.21. The van der Waals surface area contributed by atoms with Crippen LogP contribution in [0.3, 0.4) is 0 Å². The van der Waals surface area contributed by atoms with E-state index in [1.165, 1.54) is 12.1 Å². The van der Waals surface area contributed by atoms with Gasteiger partial charge in [-0.25, -0.2) is 4.39 Å². The monoisotopic (exact) mass is 354 g/mol. The lowest BCUT2D eigenvalue weighted by atomic mass is 10.0. The Morgan fingerprint density at radius 2 is 2.00 bits per heavy atom. The van der Waals surface area contributed by atoms with Crippen molar-refractivity contribution in [1.82, 2.24) is 20.1 Å². The van der Waals surface area contributed by atoms with Crippen molar-refractivity contribution in [2.24, 2.45) is 0 Å². The van der Waals surface area contributed by atoms with Crippen molar-refractivity contribution in [2.75, 3.05) is 39.3 Å². The molecule has 1 aromatic carbocycles. The van der Waals surface area contributed by atoms with E-state index in [2.05, 4.69) is 20.1 Å². The third-order valence-electron chi connectivity index (χ3n) is 5.92. The van der Waals surface area contributed by atoms with Crippen LogP contribution in [0, 0.1) is 5.82 Å². The maximum atomic E-state index is 13.8. The average Bonchev–Trinajstić information content (AvgIpc) is 3.51. The number of hydrogen-bond donors (Lipinski definition) is 1. The Morgan fingerprint density at radius 1 is 1.19 bits per heavy atom. The van der Waals surface area contributed by atoms with Crippen molar-refractivity contribution < 1.29 is 9.18 Å². The Hall–Kier alpha value is -2.05. The van der Waals surface area contributed by atoms with Gasteiger partial charge < -0.3 is 5.32 Å². The molecule has 1 N–H and O–H groups in total. The third-order valence-corrected chi connectivity index (χ3v) is 5.92. The number of halogens is 1. The van der Waals surface area contributed by atoms with Crippen LogP contribution in [-0.2, 0) is 0 Å². The number of pyridine rings is 1. The number of hydrogen-bond acceptors (Lipinski definition) is 4. The molecule has 3 aliphatic heterocycles. The largest absolute Gasteiger partial charge is 0.350 e. The second-order valence-corrected chi connectivity index (χ2v) is 7.73. The second-order valence-electron chi connectivity index (χ2n) is 7.73. The van der Waals surface area contributed by atoms with Crippen LogP contribution in [0.4, 0.5) is 4.39 Å². The molecule has 0 radical (unpaired) electrons. The van der Waals surface area contributed by atoms with E-state index >= 15 is 0 Å². The number of nitrogens with one attached hydrogen (secondary N) is 1. The number of piperazine rings is 3. The van der Waals surface area contributed by atoms with Crippen molar-refractivity contribution in [3.05, 3.63) is 41.3 Å². The lowest BCUT2D eigenvalue weighted by Crippen LogP contribution is -2.63. The summed E-state index contributed by atoms with van der Waals surface area (Å²) in [4.78, 5) is 22.5. The molecule has 4 fully saturated rings. The number of carbonyl (C=O) groups is 1. The van der Waals surface area contributed by atoms with Crippen molar-refractivity contribution in [2.45, 2.75) is 24.8 Å². The summed E-state index contributed by atoms with van der Waals surface area (Å²) in [6.07, 6.45) is 2.24. The quantitative estimate of drug-likeness (QED) is 0.912. The first-order valence-corrected chi connectivity index (χ1v) is 9.52. The minimum absolute atomic E-state index is 0.123. The zero-order chi connectivity index (χ0) is 17.7. The number of benzene rings is 1. The Labute approximate surface area is 152 Å². The van der Waals surface area contributed by atoms with Crippen molar-refractivity contribution in [1.29, 1.82) is 0 Å². The molecule has 1 saturated carbocycles. The molecular formula is C20H23FN4O. The zero-order valence-electron chi connectivity index (χ0n) is 14.7. The maximum absolute atomic E-state index is 13.8. The van der Waals surface area contributed by atoms with E-state index in [9.17, 15) is 9.18 Å². The first-order valence-electron chi connectivity index (χ1n) is 9.52. The van der Waals surface area contributed by atoms with Crippen LogP contribution in [0.15, 0.2) is 24.3 Å². The van der Waals surface area contributed by atoms with Crippen LogP contribution in [0.2, 0.25) is 0 Å². The number of fused-ring (bicyclic) bond motifs is 4. The predicted octanol–water partition coefficient (Wildman–Crippen LogP) is 1.98. The van der Waals surface area contributed by atoms with Gasteiger partial charge in [-0.3, -0.25) is 19.6 Å². The average molecular weight is 354 g/mol. The smallest absolute Gasteiger partial charge is 0.252 e. The number of carbonyl (C=O) groups excluding carboxylic acids is 1. The molecule has 5 nitrogen and oxygen atoms in total. The Balaban J connectivity index is 1.40. The number of aromatic nitrogens is 1. The van der Waals surface area contributed by atoms with Gasteiger partial charge in [-0.2, -0.15) is 0 Å². The van der Waals surface area contributed by atoms with E-state index in [0.717, 1.165) is 51.3 Å². The van der Waals surface area contributed by atoms with Crippen LogP contribution in [0.25, 0.3) is 10.9 Å². The summed E-state index contributed by atoms with van der Waals surface area (Å²) in [5.74, 6) is -0.0115. The SMILES string of the molecule is O=C(NCC1CN2CCN1CC2)c1cc(C2CC2)nc2ccc(F)cc12. The lowest BCUT2D eigenvalue weighted by Gasteiger charge is -2.47. The summed E-state index contributed by atoms with van der Waals surface area (Å²) >= 11 is 0. The van der Waals surface area contributed by atoms with Crippen LogP contribution < -0.4 is 5.32 Å². The molecule has 6 rings (SSSR count). The van der Waals surface area contributed by atoms with Crippen molar-refractivity contribution in [3.63, 3.8) is 0 Å². The van der Waals surface area contributed by atoms with E-state index in [0.29, 0.717) is 35.0 Å². The van der Waals surface area contributed by atoms with Gasteiger partial charge in [0.25, 0.3) is 5.91 Å². The third kappa shape index (κ3) is 2.97. The van der Waals surface area contributed by atoms with Gasteiger partial charge in [-0.1, -0.05) is 0 Å². The molecule has 1 aliphatic carbocycles. The molecule has 1 amide bonds. The Kier molecular flexibility index (Phi) is 3.90.